The number of carbonyl (C=O) groups is 1. The monoisotopic (exact) mass is 243 g/mol. The number of anilines is 1. The fraction of sp³-hybridized carbons (Fsp3) is 0.167. The van der Waals surface area contributed by atoms with Crippen LogP contribution in [0.2, 0.25) is 0 Å². The van der Waals surface area contributed by atoms with Gasteiger partial charge < -0.3 is 11.5 Å². The molecule has 1 amide bonds. The van der Waals surface area contributed by atoms with Crippen LogP contribution in [-0.2, 0) is 6.42 Å². The van der Waals surface area contributed by atoms with E-state index in [0.717, 1.165) is 5.69 Å². The molecule has 0 radical (unpaired) electrons. The van der Waals surface area contributed by atoms with Crippen molar-refractivity contribution in [2.45, 2.75) is 13.3 Å². The largest absolute Gasteiger partial charge is 0.383 e. The van der Waals surface area contributed by atoms with E-state index in [0.29, 0.717) is 17.9 Å². The van der Waals surface area contributed by atoms with Gasteiger partial charge in [-0.15, -0.1) is 0 Å². The summed E-state index contributed by atoms with van der Waals surface area (Å²) >= 11 is 0. The van der Waals surface area contributed by atoms with Crippen LogP contribution in [0.25, 0.3) is 0 Å². The van der Waals surface area contributed by atoms with Crippen molar-refractivity contribution >= 4 is 11.7 Å². The number of nitrogen functional groups attached to an aromatic ring is 1. The predicted octanol–water partition coefficient (Wildman–Crippen LogP) is 0.452. The second kappa shape index (κ2) is 4.79. The fourth-order valence-electron chi connectivity index (χ4n) is 1.70. The van der Waals surface area contributed by atoms with Crippen molar-refractivity contribution < 1.29 is 4.79 Å². The highest BCUT2D eigenvalue weighted by molar-refractivity contribution is 5.98. The third-order valence-electron chi connectivity index (χ3n) is 2.48. The summed E-state index contributed by atoms with van der Waals surface area (Å²) in [7, 11) is 0. The third kappa shape index (κ3) is 2.42. The highest BCUT2D eigenvalue weighted by atomic mass is 16.1. The van der Waals surface area contributed by atoms with Crippen LogP contribution >= 0.6 is 0 Å². The van der Waals surface area contributed by atoms with Crippen molar-refractivity contribution in [3.63, 3.8) is 0 Å². The van der Waals surface area contributed by atoms with E-state index in [-0.39, 0.29) is 11.4 Å². The molecule has 92 valence electrons. The van der Waals surface area contributed by atoms with Gasteiger partial charge in [0.15, 0.2) is 0 Å². The van der Waals surface area contributed by atoms with E-state index in [4.69, 9.17) is 11.5 Å². The van der Waals surface area contributed by atoms with Crippen molar-refractivity contribution in [1.82, 2.24) is 15.0 Å². The first kappa shape index (κ1) is 12.0. The Labute approximate surface area is 104 Å². The van der Waals surface area contributed by atoms with Crippen LogP contribution in [0.1, 0.15) is 27.6 Å². The van der Waals surface area contributed by atoms with Crippen molar-refractivity contribution in [1.29, 1.82) is 0 Å². The predicted molar refractivity (Wildman–Crippen MR) is 66.7 cm³/mol. The lowest BCUT2D eigenvalue weighted by Gasteiger charge is -2.07. The van der Waals surface area contributed by atoms with Gasteiger partial charge in [-0.25, -0.2) is 9.97 Å². The summed E-state index contributed by atoms with van der Waals surface area (Å²) in [6, 6.07) is 5.59. The Hall–Kier alpha value is -2.50. The van der Waals surface area contributed by atoms with Gasteiger partial charge in [0.25, 0.3) is 5.91 Å². The number of amides is 1. The molecule has 0 aromatic carbocycles. The molecule has 6 heteroatoms. The van der Waals surface area contributed by atoms with E-state index in [2.05, 4.69) is 15.0 Å². The van der Waals surface area contributed by atoms with Gasteiger partial charge in [-0.1, -0.05) is 6.07 Å². The molecule has 2 heterocycles. The molecule has 0 aliphatic carbocycles. The minimum atomic E-state index is -0.616. The second-order valence-corrected chi connectivity index (χ2v) is 3.85. The molecule has 0 aliphatic heterocycles. The van der Waals surface area contributed by atoms with Crippen molar-refractivity contribution in [3.05, 3.63) is 47.2 Å². The maximum Gasteiger partial charge on any atom is 0.254 e. The molecule has 2 aromatic rings. The van der Waals surface area contributed by atoms with E-state index in [9.17, 15) is 4.79 Å². The molecule has 0 spiro atoms. The summed E-state index contributed by atoms with van der Waals surface area (Å²) in [6.07, 6.45) is 2.16. The first-order valence-corrected chi connectivity index (χ1v) is 5.40. The first-order chi connectivity index (χ1) is 8.58. The number of aromatic nitrogens is 3. The van der Waals surface area contributed by atoms with Gasteiger partial charge in [0.1, 0.15) is 17.2 Å². The molecule has 0 atom stereocenters. The zero-order chi connectivity index (χ0) is 13.1. The van der Waals surface area contributed by atoms with Crippen LogP contribution in [0, 0.1) is 6.92 Å². The number of hydrogen-bond acceptors (Lipinski definition) is 5. The van der Waals surface area contributed by atoms with E-state index in [1.54, 1.807) is 13.1 Å². The SMILES string of the molecule is Cc1nc(Cc2ccccn2)nc(N)c1C(N)=O. The first-order valence-electron chi connectivity index (χ1n) is 5.40. The summed E-state index contributed by atoms with van der Waals surface area (Å²) < 4.78 is 0. The number of carbonyl (C=O) groups excluding carboxylic acids is 1. The summed E-state index contributed by atoms with van der Waals surface area (Å²) in [5.41, 5.74) is 12.4. The van der Waals surface area contributed by atoms with Crippen molar-refractivity contribution in [3.8, 4) is 0 Å². The van der Waals surface area contributed by atoms with Gasteiger partial charge in [0.2, 0.25) is 0 Å². The standard InChI is InChI=1S/C12H13N5O/c1-7-10(12(14)18)11(13)17-9(16-7)6-8-4-2-3-5-15-8/h2-5H,6H2,1H3,(H2,14,18)(H2,13,16,17). The quantitative estimate of drug-likeness (QED) is 0.813. The van der Waals surface area contributed by atoms with Crippen LogP contribution in [0.5, 0.6) is 0 Å². The normalized spacial score (nSPS) is 10.3. The summed E-state index contributed by atoms with van der Waals surface area (Å²) in [5.74, 6) is 0.0176. The second-order valence-electron chi connectivity index (χ2n) is 3.85. The number of hydrogen-bond donors (Lipinski definition) is 2. The van der Waals surface area contributed by atoms with Gasteiger partial charge in [0.05, 0.1) is 12.1 Å². The summed E-state index contributed by atoms with van der Waals surface area (Å²) in [4.78, 5) is 23.6. The zero-order valence-corrected chi connectivity index (χ0v) is 9.92. The van der Waals surface area contributed by atoms with Gasteiger partial charge in [-0.2, -0.15) is 0 Å². The molecule has 2 aromatic heterocycles. The number of nitrogens with two attached hydrogens (primary N) is 2. The number of rotatable bonds is 3. The lowest BCUT2D eigenvalue weighted by Crippen LogP contribution is -2.18. The van der Waals surface area contributed by atoms with E-state index in [1.165, 1.54) is 0 Å². The molecule has 0 bridgehead atoms. The highest BCUT2D eigenvalue weighted by Crippen LogP contribution is 2.13. The number of pyridine rings is 1. The van der Waals surface area contributed by atoms with Gasteiger partial charge in [-0.3, -0.25) is 9.78 Å². The van der Waals surface area contributed by atoms with E-state index < -0.39 is 5.91 Å². The minimum Gasteiger partial charge on any atom is -0.383 e. The van der Waals surface area contributed by atoms with Crippen molar-refractivity contribution in [2.24, 2.45) is 5.73 Å². The zero-order valence-electron chi connectivity index (χ0n) is 9.92. The Morgan fingerprint density at radius 3 is 2.67 bits per heavy atom. The third-order valence-corrected chi connectivity index (χ3v) is 2.48. The van der Waals surface area contributed by atoms with Gasteiger partial charge >= 0.3 is 0 Å². The molecular formula is C12H13N5O. The fourth-order valence-corrected chi connectivity index (χ4v) is 1.70. The molecule has 4 N–H and O–H groups in total. The Kier molecular flexibility index (Phi) is 3.18. The average molecular weight is 243 g/mol. The average Bonchev–Trinajstić information content (AvgIpc) is 2.28. The van der Waals surface area contributed by atoms with Crippen LogP contribution in [0.4, 0.5) is 5.82 Å². The molecule has 6 nitrogen and oxygen atoms in total. The lowest BCUT2D eigenvalue weighted by molar-refractivity contribution is 0.1000. The maximum atomic E-state index is 11.2. The molecule has 0 saturated heterocycles. The van der Waals surface area contributed by atoms with Crippen LogP contribution in [0.15, 0.2) is 24.4 Å². The number of primary amides is 1. The van der Waals surface area contributed by atoms with E-state index in [1.807, 2.05) is 18.2 Å². The number of aryl methyl sites for hydroxylation is 1. The Morgan fingerprint density at radius 2 is 2.11 bits per heavy atom. The summed E-state index contributed by atoms with van der Waals surface area (Å²) in [6.45, 7) is 1.68. The van der Waals surface area contributed by atoms with Crippen molar-refractivity contribution in [2.75, 3.05) is 5.73 Å². The lowest BCUT2D eigenvalue weighted by atomic mass is 10.2. The Bertz CT molecular complexity index is 559. The van der Waals surface area contributed by atoms with Gasteiger partial charge in [0, 0.05) is 11.9 Å². The minimum absolute atomic E-state index is 0.112. The van der Waals surface area contributed by atoms with Gasteiger partial charge in [-0.05, 0) is 19.1 Å². The smallest absolute Gasteiger partial charge is 0.254 e. The maximum absolute atomic E-state index is 11.2. The Morgan fingerprint density at radius 1 is 1.33 bits per heavy atom. The molecule has 0 aliphatic rings. The number of nitrogens with zero attached hydrogens (tertiary/aromatic N) is 3. The highest BCUT2D eigenvalue weighted by Gasteiger charge is 2.14. The molecule has 2 rings (SSSR count). The Balaban J connectivity index is 2.34. The van der Waals surface area contributed by atoms with E-state index >= 15 is 0 Å². The molecular weight excluding hydrogens is 230 g/mol. The molecule has 0 fully saturated rings. The van der Waals surface area contributed by atoms with Crippen LogP contribution in [0.3, 0.4) is 0 Å². The van der Waals surface area contributed by atoms with Crippen LogP contribution < -0.4 is 11.5 Å². The molecule has 18 heavy (non-hydrogen) atoms. The summed E-state index contributed by atoms with van der Waals surface area (Å²) in [5, 5.41) is 0. The molecule has 0 unspecified atom stereocenters. The molecule has 0 saturated carbocycles. The topological polar surface area (TPSA) is 108 Å². The van der Waals surface area contributed by atoms with Crippen LogP contribution in [-0.4, -0.2) is 20.9 Å².